The second-order valence-electron chi connectivity index (χ2n) is 10.1. The van der Waals surface area contributed by atoms with Crippen molar-refractivity contribution in [1.29, 1.82) is 0 Å². The van der Waals surface area contributed by atoms with Crippen LogP contribution in [-0.4, -0.2) is 68.4 Å². The summed E-state index contributed by atoms with van der Waals surface area (Å²) in [6.07, 6.45) is 2.77. The molecule has 4 N–H and O–H groups in total. The van der Waals surface area contributed by atoms with Crippen molar-refractivity contribution in [3.05, 3.63) is 42.5 Å². The van der Waals surface area contributed by atoms with Crippen LogP contribution in [0.3, 0.4) is 0 Å². The summed E-state index contributed by atoms with van der Waals surface area (Å²) in [5.74, 6) is -0.0713. The summed E-state index contributed by atoms with van der Waals surface area (Å²) in [4.78, 5) is 38.1. The average Bonchev–Trinajstić information content (AvgIpc) is 3.29. The second kappa shape index (κ2) is 13.2. The predicted molar refractivity (Wildman–Crippen MR) is 142 cm³/mol. The molecule has 2 aromatic carbocycles. The topological polar surface area (TPSA) is 108 Å². The van der Waals surface area contributed by atoms with E-state index in [4.69, 9.17) is 5.73 Å². The summed E-state index contributed by atoms with van der Waals surface area (Å²) >= 11 is 0. The third-order valence-electron chi connectivity index (χ3n) is 6.49. The van der Waals surface area contributed by atoms with E-state index in [1.54, 1.807) is 16.8 Å². The second-order valence-corrected chi connectivity index (χ2v) is 10.1. The number of fused-ring (bicyclic) bond motifs is 1. The van der Waals surface area contributed by atoms with Gasteiger partial charge in [-0.1, -0.05) is 51.1 Å². The largest absolute Gasteiger partial charge is 0.352 e. The van der Waals surface area contributed by atoms with E-state index in [-0.39, 0.29) is 35.9 Å². The van der Waals surface area contributed by atoms with Crippen molar-refractivity contribution in [1.82, 2.24) is 15.5 Å². The molecule has 0 spiro atoms. The number of nitrogens with zero attached hydrogens (tertiary/aromatic N) is 2. The molecule has 8 nitrogen and oxygen atoms in total. The molecular formula is C27H41N5O3. The third-order valence-corrected chi connectivity index (χ3v) is 6.49. The first-order chi connectivity index (χ1) is 16.6. The molecule has 0 radical (unpaired) electrons. The molecule has 1 saturated heterocycles. The minimum atomic E-state index is -0.127. The molecule has 3 amide bonds. The summed E-state index contributed by atoms with van der Waals surface area (Å²) < 4.78 is 0. The summed E-state index contributed by atoms with van der Waals surface area (Å²) in [6.45, 7) is 9.95. The highest BCUT2D eigenvalue weighted by atomic mass is 16.2. The quantitative estimate of drug-likeness (QED) is 0.500. The van der Waals surface area contributed by atoms with Gasteiger partial charge < -0.3 is 26.2 Å². The number of rotatable bonds is 8. The van der Waals surface area contributed by atoms with Crippen LogP contribution in [0.15, 0.2) is 42.5 Å². The van der Waals surface area contributed by atoms with E-state index >= 15 is 0 Å². The SMILES string of the molecule is CNCC(=O)NC(C)C(C)(C)C.NCC(=O)N(CC1CCCN1C=O)c1ccc2ccccc2c1. The van der Waals surface area contributed by atoms with Crippen LogP contribution >= 0.6 is 0 Å². The molecule has 192 valence electrons. The summed E-state index contributed by atoms with van der Waals surface area (Å²) in [6, 6.07) is 14.3. The van der Waals surface area contributed by atoms with E-state index in [9.17, 15) is 14.4 Å². The van der Waals surface area contributed by atoms with Crippen molar-refractivity contribution in [2.24, 2.45) is 11.1 Å². The fraction of sp³-hybridized carbons (Fsp3) is 0.519. The Balaban J connectivity index is 0.000000307. The Kier molecular flexibility index (Phi) is 10.7. The van der Waals surface area contributed by atoms with Crippen LogP contribution in [0.1, 0.15) is 40.5 Å². The lowest BCUT2D eigenvalue weighted by atomic mass is 9.88. The Morgan fingerprint density at radius 3 is 2.49 bits per heavy atom. The number of carbonyl (C=O) groups excluding carboxylic acids is 3. The van der Waals surface area contributed by atoms with E-state index in [2.05, 4.69) is 31.4 Å². The standard InChI is InChI=1S/C18H21N3O2.C9H20N2O/c19-11-18(23)21(12-17-6-3-9-20(17)13-22)16-8-7-14-4-1-2-5-15(14)10-16;1-7(9(2,3)4)11-8(12)6-10-5/h1-2,4-5,7-8,10,13,17H,3,6,9,11-12,19H2;7,10H,6H2,1-5H3,(H,11,12). The zero-order valence-corrected chi connectivity index (χ0v) is 21.7. The van der Waals surface area contributed by atoms with Crippen molar-refractivity contribution >= 4 is 34.7 Å². The lowest BCUT2D eigenvalue weighted by molar-refractivity contribution is -0.121. The molecule has 2 aromatic rings. The maximum Gasteiger partial charge on any atom is 0.240 e. The normalized spacial score (nSPS) is 16.3. The number of hydrogen-bond acceptors (Lipinski definition) is 5. The van der Waals surface area contributed by atoms with Gasteiger partial charge in [0, 0.05) is 30.9 Å². The van der Waals surface area contributed by atoms with Crippen LogP contribution < -0.4 is 21.3 Å². The maximum absolute atomic E-state index is 12.3. The summed E-state index contributed by atoms with van der Waals surface area (Å²) in [5.41, 5.74) is 6.55. The first-order valence-electron chi connectivity index (χ1n) is 12.2. The monoisotopic (exact) mass is 483 g/mol. The van der Waals surface area contributed by atoms with Crippen LogP contribution in [0.25, 0.3) is 10.8 Å². The summed E-state index contributed by atoms with van der Waals surface area (Å²) in [7, 11) is 1.77. The summed E-state index contributed by atoms with van der Waals surface area (Å²) in [5, 5.41) is 7.94. The van der Waals surface area contributed by atoms with Crippen molar-refractivity contribution in [3.8, 4) is 0 Å². The van der Waals surface area contributed by atoms with Gasteiger partial charge in [0.25, 0.3) is 0 Å². The van der Waals surface area contributed by atoms with Crippen LogP contribution in [0.5, 0.6) is 0 Å². The zero-order valence-electron chi connectivity index (χ0n) is 21.7. The Labute approximate surface area is 209 Å². The number of likely N-dealkylation sites (N-methyl/N-ethyl adjacent to an activating group) is 1. The van der Waals surface area contributed by atoms with Gasteiger partial charge in [-0.25, -0.2) is 0 Å². The average molecular weight is 484 g/mol. The molecular weight excluding hydrogens is 442 g/mol. The molecule has 1 fully saturated rings. The van der Waals surface area contributed by atoms with Gasteiger partial charge in [-0.05, 0) is 55.1 Å². The Bertz CT molecular complexity index is 988. The Morgan fingerprint density at radius 2 is 1.89 bits per heavy atom. The molecule has 35 heavy (non-hydrogen) atoms. The lowest BCUT2D eigenvalue weighted by Crippen LogP contribution is -2.45. The number of hydrogen-bond donors (Lipinski definition) is 3. The van der Waals surface area contributed by atoms with Crippen molar-refractivity contribution in [2.75, 3.05) is 38.1 Å². The van der Waals surface area contributed by atoms with Crippen molar-refractivity contribution in [2.45, 2.75) is 52.6 Å². The molecule has 0 bridgehead atoms. The lowest BCUT2D eigenvalue weighted by Gasteiger charge is -2.29. The number of anilines is 1. The number of nitrogens with one attached hydrogen (secondary N) is 2. The van der Waals surface area contributed by atoms with Gasteiger partial charge in [0.15, 0.2) is 0 Å². The van der Waals surface area contributed by atoms with Gasteiger partial charge in [0.1, 0.15) is 0 Å². The Morgan fingerprint density at radius 1 is 1.20 bits per heavy atom. The molecule has 3 rings (SSSR count). The van der Waals surface area contributed by atoms with Gasteiger partial charge in [0.05, 0.1) is 13.1 Å². The molecule has 1 heterocycles. The highest BCUT2D eigenvalue weighted by molar-refractivity contribution is 5.97. The van der Waals surface area contributed by atoms with E-state index in [1.807, 2.05) is 49.4 Å². The predicted octanol–water partition coefficient (Wildman–Crippen LogP) is 2.51. The van der Waals surface area contributed by atoms with E-state index in [1.165, 1.54) is 0 Å². The van der Waals surface area contributed by atoms with Crippen molar-refractivity contribution < 1.29 is 14.4 Å². The maximum atomic E-state index is 12.3. The number of benzene rings is 2. The van der Waals surface area contributed by atoms with Crippen LogP contribution in [0.2, 0.25) is 0 Å². The van der Waals surface area contributed by atoms with Crippen molar-refractivity contribution in [3.63, 3.8) is 0 Å². The molecule has 1 aliphatic heterocycles. The zero-order chi connectivity index (χ0) is 26.0. The van der Waals surface area contributed by atoms with Crippen LogP contribution in [0.4, 0.5) is 5.69 Å². The third kappa shape index (κ3) is 8.33. The first kappa shape index (κ1) is 28.3. The van der Waals surface area contributed by atoms with Gasteiger partial charge in [-0.2, -0.15) is 0 Å². The minimum Gasteiger partial charge on any atom is -0.352 e. The molecule has 8 heteroatoms. The van der Waals surface area contributed by atoms with Crippen LogP contribution in [0, 0.1) is 5.41 Å². The minimum absolute atomic E-state index is 0.0410. The number of nitrogens with two attached hydrogens (primary N) is 1. The van der Waals surface area contributed by atoms with Gasteiger partial charge in [-0.3, -0.25) is 14.4 Å². The fourth-order valence-corrected chi connectivity index (χ4v) is 3.88. The van der Waals surface area contributed by atoms with E-state index < -0.39 is 0 Å². The number of amides is 3. The molecule has 0 aliphatic carbocycles. The molecule has 1 aliphatic rings. The van der Waals surface area contributed by atoms with E-state index in [0.29, 0.717) is 13.1 Å². The van der Waals surface area contributed by atoms with Gasteiger partial charge in [-0.15, -0.1) is 0 Å². The first-order valence-corrected chi connectivity index (χ1v) is 12.2. The molecule has 2 atom stereocenters. The Hall–Kier alpha value is -2.97. The fourth-order valence-electron chi connectivity index (χ4n) is 3.88. The number of carbonyl (C=O) groups is 3. The molecule has 0 aromatic heterocycles. The smallest absolute Gasteiger partial charge is 0.240 e. The molecule has 0 saturated carbocycles. The van der Waals surface area contributed by atoms with Crippen LogP contribution in [-0.2, 0) is 14.4 Å². The van der Waals surface area contributed by atoms with E-state index in [0.717, 1.165) is 42.3 Å². The van der Waals surface area contributed by atoms with Gasteiger partial charge in [0.2, 0.25) is 18.2 Å². The number of likely N-dealkylation sites (tertiary alicyclic amines) is 1. The van der Waals surface area contributed by atoms with Gasteiger partial charge >= 0.3 is 0 Å². The molecule has 2 unspecified atom stereocenters. The highest BCUT2D eigenvalue weighted by Gasteiger charge is 2.27. The highest BCUT2D eigenvalue weighted by Crippen LogP contribution is 2.25.